The maximum Gasteiger partial charge on any atom is 0.0610 e. The van der Waals surface area contributed by atoms with Gasteiger partial charge in [-0.2, -0.15) is 0 Å². The van der Waals surface area contributed by atoms with Gasteiger partial charge in [0.25, 0.3) is 0 Å². The Morgan fingerprint density at radius 2 is 2.09 bits per heavy atom. The Morgan fingerprint density at radius 3 is 2.91 bits per heavy atom. The number of aromatic nitrogens is 1. The van der Waals surface area contributed by atoms with E-state index in [4.69, 9.17) is 5.73 Å². The number of anilines is 1. The number of thiol groups is 1. The minimum atomic E-state index is 0.711. The molecule has 3 heteroatoms. The van der Waals surface area contributed by atoms with Crippen LogP contribution in [-0.2, 0) is 0 Å². The summed E-state index contributed by atoms with van der Waals surface area (Å²) in [7, 11) is 0. The number of aromatic amines is 1. The van der Waals surface area contributed by atoms with Crippen LogP contribution in [0.3, 0.4) is 0 Å². The van der Waals surface area contributed by atoms with Gasteiger partial charge in [0.05, 0.1) is 10.4 Å². The van der Waals surface area contributed by atoms with E-state index in [2.05, 4.69) is 17.6 Å². The van der Waals surface area contributed by atoms with Gasteiger partial charge in [-0.25, -0.2) is 0 Å². The molecule has 0 unspecified atom stereocenters. The van der Waals surface area contributed by atoms with Crippen molar-refractivity contribution >= 4 is 29.2 Å². The van der Waals surface area contributed by atoms with Crippen LogP contribution in [0.15, 0.2) is 29.3 Å². The SMILES string of the molecule is Nc1ccc2cc[nH]c2c1S. The molecule has 0 radical (unpaired) electrons. The molecule has 1 aromatic carbocycles. The summed E-state index contributed by atoms with van der Waals surface area (Å²) in [6.45, 7) is 0. The summed E-state index contributed by atoms with van der Waals surface area (Å²) >= 11 is 4.27. The quantitative estimate of drug-likeness (QED) is 0.405. The number of rotatable bonds is 0. The lowest BCUT2D eigenvalue weighted by Gasteiger charge is -1.98. The van der Waals surface area contributed by atoms with Crippen molar-refractivity contribution in [3.8, 4) is 0 Å². The fourth-order valence-corrected chi connectivity index (χ4v) is 1.40. The third kappa shape index (κ3) is 0.886. The van der Waals surface area contributed by atoms with Gasteiger partial charge in [-0.05, 0) is 12.1 Å². The first-order valence-corrected chi connectivity index (χ1v) is 3.78. The molecule has 11 heavy (non-hydrogen) atoms. The molecule has 0 aliphatic carbocycles. The van der Waals surface area contributed by atoms with E-state index in [1.165, 1.54) is 0 Å². The van der Waals surface area contributed by atoms with Crippen molar-refractivity contribution in [2.75, 3.05) is 5.73 Å². The molecule has 0 saturated heterocycles. The number of nitrogens with two attached hydrogens (primary N) is 1. The van der Waals surface area contributed by atoms with Crippen LogP contribution in [0.2, 0.25) is 0 Å². The highest BCUT2D eigenvalue weighted by atomic mass is 32.1. The Kier molecular flexibility index (Phi) is 1.32. The fraction of sp³-hybridized carbons (Fsp3) is 0. The van der Waals surface area contributed by atoms with Crippen LogP contribution in [-0.4, -0.2) is 4.98 Å². The summed E-state index contributed by atoms with van der Waals surface area (Å²) in [5.74, 6) is 0. The fourth-order valence-electron chi connectivity index (χ4n) is 1.13. The van der Waals surface area contributed by atoms with E-state index in [1.54, 1.807) is 0 Å². The number of benzene rings is 1. The van der Waals surface area contributed by atoms with Gasteiger partial charge >= 0.3 is 0 Å². The second-order valence-electron chi connectivity index (χ2n) is 2.45. The van der Waals surface area contributed by atoms with Crippen molar-refractivity contribution in [1.82, 2.24) is 4.98 Å². The smallest absolute Gasteiger partial charge is 0.0610 e. The predicted molar refractivity (Wildman–Crippen MR) is 50.0 cm³/mol. The Labute approximate surface area is 69.8 Å². The third-order valence-corrected chi connectivity index (χ3v) is 2.21. The highest BCUT2D eigenvalue weighted by Crippen LogP contribution is 2.25. The molecule has 1 heterocycles. The average molecular weight is 164 g/mol. The van der Waals surface area contributed by atoms with Gasteiger partial charge in [-0.3, -0.25) is 0 Å². The van der Waals surface area contributed by atoms with Gasteiger partial charge in [-0.1, -0.05) is 6.07 Å². The van der Waals surface area contributed by atoms with Crippen LogP contribution >= 0.6 is 12.6 Å². The zero-order valence-corrected chi connectivity index (χ0v) is 6.73. The van der Waals surface area contributed by atoms with E-state index in [1.807, 2.05) is 24.4 Å². The molecule has 0 aliphatic rings. The largest absolute Gasteiger partial charge is 0.398 e. The number of hydrogen-bond acceptors (Lipinski definition) is 2. The molecule has 2 nitrogen and oxygen atoms in total. The monoisotopic (exact) mass is 164 g/mol. The Bertz CT molecular complexity index is 392. The molecule has 1 aromatic heterocycles. The zero-order valence-electron chi connectivity index (χ0n) is 5.83. The van der Waals surface area contributed by atoms with Crippen molar-refractivity contribution in [3.05, 3.63) is 24.4 Å². The van der Waals surface area contributed by atoms with Gasteiger partial charge in [0.1, 0.15) is 0 Å². The Morgan fingerprint density at radius 1 is 1.27 bits per heavy atom. The summed E-state index contributed by atoms with van der Waals surface area (Å²) in [6.07, 6.45) is 1.88. The Balaban J connectivity index is 2.93. The lowest BCUT2D eigenvalue weighted by atomic mass is 10.2. The van der Waals surface area contributed by atoms with Gasteiger partial charge < -0.3 is 10.7 Å². The molecule has 56 valence electrons. The molecular weight excluding hydrogens is 156 g/mol. The summed E-state index contributed by atoms with van der Waals surface area (Å²) < 4.78 is 0. The van der Waals surface area contributed by atoms with Crippen molar-refractivity contribution < 1.29 is 0 Å². The van der Waals surface area contributed by atoms with Crippen LogP contribution < -0.4 is 5.73 Å². The minimum Gasteiger partial charge on any atom is -0.398 e. The van der Waals surface area contributed by atoms with Crippen LogP contribution in [0.1, 0.15) is 0 Å². The van der Waals surface area contributed by atoms with Crippen LogP contribution in [0, 0.1) is 0 Å². The summed E-state index contributed by atoms with van der Waals surface area (Å²) in [6, 6.07) is 5.83. The summed E-state index contributed by atoms with van der Waals surface area (Å²) in [4.78, 5) is 3.90. The van der Waals surface area contributed by atoms with Gasteiger partial charge in [-0.15, -0.1) is 12.6 Å². The number of hydrogen-bond donors (Lipinski definition) is 3. The standard InChI is InChI=1S/C8H8N2S/c9-6-2-1-5-3-4-10-7(5)8(6)11/h1-4,10-11H,9H2. The second-order valence-corrected chi connectivity index (χ2v) is 2.89. The molecule has 0 aliphatic heterocycles. The van der Waals surface area contributed by atoms with Gasteiger partial charge in [0, 0.05) is 17.3 Å². The molecular formula is C8H8N2S. The third-order valence-electron chi connectivity index (χ3n) is 1.73. The van der Waals surface area contributed by atoms with Crippen LogP contribution in [0.25, 0.3) is 10.9 Å². The van der Waals surface area contributed by atoms with Crippen LogP contribution in [0.4, 0.5) is 5.69 Å². The number of nitrogens with one attached hydrogen (secondary N) is 1. The summed E-state index contributed by atoms with van der Waals surface area (Å²) in [5.41, 5.74) is 7.37. The van der Waals surface area contributed by atoms with Crippen molar-refractivity contribution in [2.24, 2.45) is 0 Å². The normalized spacial score (nSPS) is 10.6. The zero-order chi connectivity index (χ0) is 7.84. The van der Waals surface area contributed by atoms with Crippen molar-refractivity contribution in [3.63, 3.8) is 0 Å². The van der Waals surface area contributed by atoms with E-state index < -0.39 is 0 Å². The number of fused-ring (bicyclic) bond motifs is 1. The van der Waals surface area contributed by atoms with E-state index >= 15 is 0 Å². The maximum absolute atomic E-state index is 5.65. The molecule has 0 saturated carbocycles. The average Bonchev–Trinajstić information content (AvgIpc) is 2.45. The van der Waals surface area contributed by atoms with Crippen molar-refractivity contribution in [2.45, 2.75) is 4.90 Å². The first-order chi connectivity index (χ1) is 5.29. The van der Waals surface area contributed by atoms with Crippen LogP contribution in [0.5, 0.6) is 0 Å². The van der Waals surface area contributed by atoms with Gasteiger partial charge in [0.15, 0.2) is 0 Å². The second kappa shape index (κ2) is 2.20. The molecule has 0 amide bonds. The first kappa shape index (κ1) is 6.61. The highest BCUT2D eigenvalue weighted by Gasteiger charge is 2.00. The molecule has 0 spiro atoms. The molecule has 3 N–H and O–H groups in total. The predicted octanol–water partition coefficient (Wildman–Crippen LogP) is 2.04. The summed E-state index contributed by atoms with van der Waals surface area (Å²) in [5, 5.41) is 1.14. The van der Waals surface area contributed by atoms with E-state index in [0.29, 0.717) is 5.69 Å². The first-order valence-electron chi connectivity index (χ1n) is 3.33. The lowest BCUT2D eigenvalue weighted by Crippen LogP contribution is -1.86. The Hall–Kier alpha value is -1.09. The lowest BCUT2D eigenvalue weighted by molar-refractivity contribution is 1.41. The number of nitrogen functional groups attached to an aromatic ring is 1. The van der Waals surface area contributed by atoms with Gasteiger partial charge in [0.2, 0.25) is 0 Å². The minimum absolute atomic E-state index is 0.711. The van der Waals surface area contributed by atoms with E-state index in [0.717, 1.165) is 15.8 Å². The van der Waals surface area contributed by atoms with E-state index in [-0.39, 0.29) is 0 Å². The maximum atomic E-state index is 5.65. The molecule has 2 aromatic rings. The molecule has 0 bridgehead atoms. The number of H-pyrrole nitrogens is 1. The van der Waals surface area contributed by atoms with E-state index in [9.17, 15) is 0 Å². The molecule has 2 rings (SSSR count). The highest BCUT2D eigenvalue weighted by molar-refractivity contribution is 7.80. The molecule has 0 atom stereocenters. The van der Waals surface area contributed by atoms with Crippen molar-refractivity contribution in [1.29, 1.82) is 0 Å². The topological polar surface area (TPSA) is 41.8 Å². The molecule has 0 fully saturated rings.